The summed E-state index contributed by atoms with van der Waals surface area (Å²) in [5.74, 6) is 1.89. The third-order valence-electron chi connectivity index (χ3n) is 3.66. The van der Waals surface area contributed by atoms with Crippen LogP contribution in [0.4, 0.5) is 5.69 Å². The first-order chi connectivity index (χ1) is 12.8. The molecule has 0 unspecified atom stereocenters. The number of benzene rings is 1. The van der Waals surface area contributed by atoms with Gasteiger partial charge < -0.3 is 14.5 Å². The van der Waals surface area contributed by atoms with Gasteiger partial charge in [-0.3, -0.25) is 0 Å². The van der Waals surface area contributed by atoms with Crippen LogP contribution in [-0.4, -0.2) is 27.2 Å². The molecule has 0 saturated heterocycles. The number of nitrogens with zero attached hydrogens (tertiary/aromatic N) is 3. The number of hydrogen-bond donors (Lipinski definition) is 1. The Hall–Kier alpha value is -3.06. The van der Waals surface area contributed by atoms with E-state index in [1.807, 2.05) is 48.6 Å². The second-order valence-electron chi connectivity index (χ2n) is 5.45. The molecule has 4 rings (SSSR count). The highest BCUT2D eigenvalue weighted by Crippen LogP contribution is 2.36. The molecule has 1 aliphatic heterocycles. The van der Waals surface area contributed by atoms with Gasteiger partial charge in [-0.2, -0.15) is 4.98 Å². The molecule has 1 N–H and O–H groups in total. The summed E-state index contributed by atoms with van der Waals surface area (Å²) in [6.45, 7) is 3.71. The summed E-state index contributed by atoms with van der Waals surface area (Å²) in [5.41, 5.74) is 2.42. The van der Waals surface area contributed by atoms with E-state index in [1.165, 1.54) is 11.8 Å². The van der Waals surface area contributed by atoms with E-state index in [4.69, 9.17) is 9.15 Å². The maximum absolute atomic E-state index is 6.07. The van der Waals surface area contributed by atoms with Gasteiger partial charge in [-0.15, -0.1) is 16.8 Å². The first-order valence-electron chi connectivity index (χ1n) is 8.06. The van der Waals surface area contributed by atoms with Gasteiger partial charge in [0.1, 0.15) is 5.76 Å². The Morgan fingerprint density at radius 3 is 2.96 bits per heavy atom. The van der Waals surface area contributed by atoms with Crippen LogP contribution in [0.15, 0.2) is 71.0 Å². The molecule has 0 aliphatic carbocycles. The summed E-state index contributed by atoms with van der Waals surface area (Å²) in [7, 11) is 0. The summed E-state index contributed by atoms with van der Waals surface area (Å²) >= 11 is 1.46. The van der Waals surface area contributed by atoms with Crippen LogP contribution >= 0.6 is 11.8 Å². The largest absolute Gasteiger partial charge is 0.465 e. The van der Waals surface area contributed by atoms with Crippen molar-refractivity contribution < 1.29 is 9.15 Å². The molecule has 1 atom stereocenters. The summed E-state index contributed by atoms with van der Waals surface area (Å²) in [6, 6.07) is 11.6. The van der Waals surface area contributed by atoms with Gasteiger partial charge in [0.15, 0.2) is 11.9 Å². The minimum absolute atomic E-state index is 0.420. The van der Waals surface area contributed by atoms with Crippen LogP contribution in [0.1, 0.15) is 5.76 Å². The highest BCUT2D eigenvalue weighted by Gasteiger charge is 2.23. The Bertz CT molecular complexity index is 940. The number of ether oxygens (including phenoxy) is 1. The fraction of sp³-hybridized carbons (Fsp3) is 0.105. The van der Waals surface area contributed by atoms with Crippen molar-refractivity contribution in [2.75, 3.05) is 11.1 Å². The predicted molar refractivity (Wildman–Crippen MR) is 102 cm³/mol. The molecular weight excluding hydrogens is 348 g/mol. The molecule has 1 aliphatic rings. The maximum atomic E-state index is 6.07. The molecule has 7 heteroatoms. The lowest BCUT2D eigenvalue weighted by Crippen LogP contribution is -2.23. The summed E-state index contributed by atoms with van der Waals surface area (Å²) in [4.78, 5) is 4.53. The van der Waals surface area contributed by atoms with E-state index in [-0.39, 0.29) is 0 Å². The molecule has 3 heterocycles. The predicted octanol–water partition coefficient (Wildman–Crippen LogP) is 4.25. The third kappa shape index (κ3) is 3.48. The number of hydrogen-bond acceptors (Lipinski definition) is 7. The van der Waals surface area contributed by atoms with Crippen LogP contribution in [0.2, 0.25) is 0 Å². The number of para-hydroxylation sites is 1. The Balaban J connectivity index is 1.71. The second kappa shape index (κ2) is 7.45. The van der Waals surface area contributed by atoms with Gasteiger partial charge in [-0.05, 0) is 30.4 Å². The van der Waals surface area contributed by atoms with Crippen LogP contribution in [0.25, 0.3) is 17.3 Å². The van der Waals surface area contributed by atoms with Gasteiger partial charge in [0, 0.05) is 17.0 Å². The minimum atomic E-state index is -0.420. The SMILES string of the molecule is C=CCSc1nnc2c(n1)O[C@@H](C=Cc1ccco1)Nc1ccccc1-2. The zero-order valence-corrected chi connectivity index (χ0v) is 14.6. The smallest absolute Gasteiger partial charge is 0.247 e. The lowest BCUT2D eigenvalue weighted by Gasteiger charge is -2.15. The number of anilines is 1. The summed E-state index contributed by atoms with van der Waals surface area (Å²) in [6.07, 6.45) is 6.74. The van der Waals surface area contributed by atoms with Crippen LogP contribution in [-0.2, 0) is 0 Å². The number of rotatable bonds is 5. The Labute approximate surface area is 155 Å². The van der Waals surface area contributed by atoms with Gasteiger partial charge in [-0.25, -0.2) is 0 Å². The standard InChI is InChI=1S/C19H16N4O2S/c1-2-12-26-19-21-18-17(22-23-19)14-7-3-4-8-15(14)20-16(25-18)10-9-13-6-5-11-24-13/h2-11,16,20H,1,12H2/t16-/m0/s1. The third-order valence-corrected chi connectivity index (χ3v) is 4.50. The Kier molecular flexibility index (Phi) is 4.70. The number of furan rings is 1. The lowest BCUT2D eigenvalue weighted by atomic mass is 10.1. The van der Waals surface area contributed by atoms with Crippen molar-refractivity contribution in [3.8, 4) is 17.1 Å². The van der Waals surface area contributed by atoms with Crippen LogP contribution in [0.5, 0.6) is 5.88 Å². The fourth-order valence-corrected chi connectivity index (χ4v) is 3.03. The molecule has 0 saturated carbocycles. The molecule has 0 amide bonds. The van der Waals surface area contributed by atoms with Crippen molar-refractivity contribution in [3.05, 3.63) is 67.2 Å². The van der Waals surface area contributed by atoms with E-state index in [1.54, 1.807) is 12.3 Å². The van der Waals surface area contributed by atoms with Gasteiger partial charge in [0.05, 0.1) is 6.26 Å². The van der Waals surface area contributed by atoms with Gasteiger partial charge in [-0.1, -0.05) is 36.0 Å². The average Bonchev–Trinajstić information content (AvgIpc) is 3.13. The molecule has 0 radical (unpaired) electrons. The Morgan fingerprint density at radius 2 is 2.12 bits per heavy atom. The zero-order valence-electron chi connectivity index (χ0n) is 13.8. The highest BCUT2D eigenvalue weighted by atomic mass is 32.2. The number of fused-ring (bicyclic) bond motifs is 3. The summed E-state index contributed by atoms with van der Waals surface area (Å²) < 4.78 is 11.4. The molecule has 1 aromatic carbocycles. The molecule has 3 aromatic rings. The molecule has 0 spiro atoms. The van der Waals surface area contributed by atoms with Crippen LogP contribution in [0, 0.1) is 0 Å². The van der Waals surface area contributed by atoms with E-state index in [2.05, 4.69) is 27.1 Å². The molecule has 6 nitrogen and oxygen atoms in total. The number of thioether (sulfide) groups is 1. The van der Waals surface area contributed by atoms with E-state index in [0.29, 0.717) is 22.5 Å². The molecule has 2 aromatic heterocycles. The van der Waals surface area contributed by atoms with Crippen molar-refractivity contribution in [2.45, 2.75) is 11.4 Å². The van der Waals surface area contributed by atoms with E-state index in [9.17, 15) is 0 Å². The monoisotopic (exact) mass is 364 g/mol. The highest BCUT2D eigenvalue weighted by molar-refractivity contribution is 7.99. The topological polar surface area (TPSA) is 73.1 Å². The van der Waals surface area contributed by atoms with Crippen LogP contribution < -0.4 is 10.1 Å². The Morgan fingerprint density at radius 1 is 1.19 bits per heavy atom. The quantitative estimate of drug-likeness (QED) is 0.536. The fourth-order valence-electron chi connectivity index (χ4n) is 2.52. The van der Waals surface area contributed by atoms with Gasteiger partial charge >= 0.3 is 0 Å². The van der Waals surface area contributed by atoms with E-state index < -0.39 is 6.23 Å². The van der Waals surface area contributed by atoms with Crippen LogP contribution in [0.3, 0.4) is 0 Å². The first-order valence-corrected chi connectivity index (χ1v) is 9.05. The molecular formula is C19H16N4O2S. The molecule has 0 fully saturated rings. The van der Waals surface area contributed by atoms with Crippen molar-refractivity contribution >= 4 is 23.5 Å². The minimum Gasteiger partial charge on any atom is -0.465 e. The van der Waals surface area contributed by atoms with Gasteiger partial charge in [0.2, 0.25) is 11.0 Å². The zero-order chi connectivity index (χ0) is 17.8. The normalized spacial score (nSPS) is 15.5. The average molecular weight is 364 g/mol. The summed E-state index contributed by atoms with van der Waals surface area (Å²) in [5, 5.41) is 12.4. The molecule has 26 heavy (non-hydrogen) atoms. The van der Waals surface area contributed by atoms with Crippen molar-refractivity contribution in [3.63, 3.8) is 0 Å². The number of aromatic nitrogens is 3. The van der Waals surface area contributed by atoms with Crippen molar-refractivity contribution in [1.29, 1.82) is 0 Å². The maximum Gasteiger partial charge on any atom is 0.247 e. The molecule has 130 valence electrons. The van der Waals surface area contributed by atoms with Crippen molar-refractivity contribution in [1.82, 2.24) is 15.2 Å². The van der Waals surface area contributed by atoms with Crippen molar-refractivity contribution in [2.24, 2.45) is 0 Å². The lowest BCUT2D eigenvalue weighted by molar-refractivity contribution is 0.266. The number of nitrogens with one attached hydrogen (secondary N) is 1. The molecule has 0 bridgehead atoms. The van der Waals surface area contributed by atoms with E-state index in [0.717, 1.165) is 17.0 Å². The van der Waals surface area contributed by atoms with E-state index >= 15 is 0 Å². The van der Waals surface area contributed by atoms with Gasteiger partial charge in [0.25, 0.3) is 0 Å². The second-order valence-corrected chi connectivity index (χ2v) is 6.44. The first kappa shape index (κ1) is 16.4.